The standard InChI is InChI=1S/C33H34N2O5S/c1-6-23-15-11-12-20(3)29(23)34-30(36)21(4)40-26-18-16-25(17-19-26)31(37)35-32-28(33(38)39-7-2)27(22(5)41-32)24-13-9-8-10-14-24/h8-19,21H,6-7H2,1-5H3,(H,34,36)(H,35,37). The van der Waals surface area contributed by atoms with Crippen LogP contribution in [-0.2, 0) is 16.0 Å². The molecule has 0 fully saturated rings. The lowest BCUT2D eigenvalue weighted by atomic mass is 10.0. The summed E-state index contributed by atoms with van der Waals surface area (Å²) in [5.74, 6) is -0.668. The van der Waals surface area contributed by atoms with Crippen LogP contribution in [0.15, 0.2) is 72.8 Å². The first-order valence-corrected chi connectivity index (χ1v) is 14.4. The molecule has 0 aliphatic carbocycles. The van der Waals surface area contributed by atoms with Gasteiger partial charge in [0.1, 0.15) is 16.3 Å². The van der Waals surface area contributed by atoms with Crippen molar-refractivity contribution >= 4 is 39.8 Å². The molecule has 3 aromatic carbocycles. The third-order valence-corrected chi connectivity index (χ3v) is 7.66. The molecule has 41 heavy (non-hydrogen) atoms. The highest BCUT2D eigenvalue weighted by Gasteiger charge is 2.26. The second-order valence-corrected chi connectivity index (χ2v) is 10.7. The number of para-hydroxylation sites is 1. The second-order valence-electron chi connectivity index (χ2n) is 9.51. The van der Waals surface area contributed by atoms with Gasteiger partial charge in [-0.3, -0.25) is 9.59 Å². The summed E-state index contributed by atoms with van der Waals surface area (Å²) in [6.45, 7) is 9.56. The zero-order valence-electron chi connectivity index (χ0n) is 23.9. The van der Waals surface area contributed by atoms with Gasteiger partial charge in [-0.25, -0.2) is 4.79 Å². The monoisotopic (exact) mass is 570 g/mol. The number of carbonyl (C=O) groups is 3. The van der Waals surface area contributed by atoms with E-state index in [1.54, 1.807) is 38.1 Å². The molecule has 1 unspecified atom stereocenters. The van der Waals surface area contributed by atoms with E-state index in [4.69, 9.17) is 9.47 Å². The van der Waals surface area contributed by atoms with E-state index in [9.17, 15) is 14.4 Å². The number of amides is 2. The van der Waals surface area contributed by atoms with Crippen LogP contribution in [-0.4, -0.2) is 30.5 Å². The Bertz CT molecular complexity index is 1540. The number of aryl methyl sites for hydroxylation is 3. The Morgan fingerprint density at radius 2 is 1.59 bits per heavy atom. The van der Waals surface area contributed by atoms with Crippen molar-refractivity contribution in [3.63, 3.8) is 0 Å². The van der Waals surface area contributed by atoms with E-state index >= 15 is 0 Å². The SMILES string of the molecule is CCOC(=O)c1c(NC(=O)c2ccc(OC(C)C(=O)Nc3c(C)cccc3CC)cc2)sc(C)c1-c1ccccc1. The maximum Gasteiger partial charge on any atom is 0.341 e. The van der Waals surface area contributed by atoms with E-state index < -0.39 is 12.1 Å². The molecule has 0 spiro atoms. The van der Waals surface area contributed by atoms with Gasteiger partial charge in [-0.2, -0.15) is 0 Å². The minimum atomic E-state index is -0.753. The van der Waals surface area contributed by atoms with E-state index in [-0.39, 0.29) is 18.4 Å². The van der Waals surface area contributed by atoms with Crippen molar-refractivity contribution in [2.75, 3.05) is 17.2 Å². The maximum atomic E-state index is 13.2. The number of hydrogen-bond acceptors (Lipinski definition) is 6. The summed E-state index contributed by atoms with van der Waals surface area (Å²) >= 11 is 1.33. The van der Waals surface area contributed by atoms with E-state index in [2.05, 4.69) is 10.6 Å². The number of thiophene rings is 1. The molecule has 4 aromatic rings. The van der Waals surface area contributed by atoms with Gasteiger partial charge < -0.3 is 20.1 Å². The van der Waals surface area contributed by atoms with Crippen LogP contribution in [0.1, 0.15) is 57.5 Å². The summed E-state index contributed by atoms with van der Waals surface area (Å²) in [5.41, 5.74) is 5.20. The summed E-state index contributed by atoms with van der Waals surface area (Å²) in [6.07, 6.45) is 0.0484. The largest absolute Gasteiger partial charge is 0.481 e. The molecule has 7 nitrogen and oxygen atoms in total. The fourth-order valence-corrected chi connectivity index (χ4v) is 5.59. The first-order valence-electron chi connectivity index (χ1n) is 13.6. The van der Waals surface area contributed by atoms with Crippen molar-refractivity contribution in [3.8, 4) is 16.9 Å². The second kappa shape index (κ2) is 13.3. The Morgan fingerprint density at radius 1 is 0.878 bits per heavy atom. The van der Waals surface area contributed by atoms with Crippen LogP contribution in [0, 0.1) is 13.8 Å². The smallest absolute Gasteiger partial charge is 0.341 e. The normalized spacial score (nSPS) is 11.4. The van der Waals surface area contributed by atoms with Crippen LogP contribution in [0.5, 0.6) is 5.75 Å². The topological polar surface area (TPSA) is 93.7 Å². The summed E-state index contributed by atoms with van der Waals surface area (Å²) in [6, 6.07) is 22.0. The average Bonchev–Trinajstić information content (AvgIpc) is 3.30. The van der Waals surface area contributed by atoms with E-state index in [0.717, 1.165) is 39.2 Å². The number of anilines is 2. The molecule has 8 heteroatoms. The van der Waals surface area contributed by atoms with Gasteiger partial charge in [0.25, 0.3) is 11.8 Å². The van der Waals surface area contributed by atoms with Crippen LogP contribution in [0.25, 0.3) is 11.1 Å². The van der Waals surface area contributed by atoms with Crippen molar-refractivity contribution in [1.82, 2.24) is 0 Å². The molecule has 1 atom stereocenters. The Kier molecular flexibility index (Phi) is 9.57. The summed E-state index contributed by atoms with van der Waals surface area (Å²) in [5, 5.41) is 6.31. The number of ether oxygens (including phenoxy) is 2. The fraction of sp³-hybridized carbons (Fsp3) is 0.242. The number of rotatable bonds is 10. The Morgan fingerprint density at radius 3 is 2.24 bits per heavy atom. The van der Waals surface area contributed by atoms with Crippen LogP contribution in [0.3, 0.4) is 0 Å². The molecular weight excluding hydrogens is 536 g/mol. The highest BCUT2D eigenvalue weighted by Crippen LogP contribution is 2.40. The van der Waals surface area contributed by atoms with Gasteiger partial charge in [0.2, 0.25) is 0 Å². The predicted octanol–water partition coefficient (Wildman–Crippen LogP) is 7.43. The molecular formula is C33H34N2O5S. The lowest BCUT2D eigenvalue weighted by molar-refractivity contribution is -0.122. The van der Waals surface area contributed by atoms with Crippen LogP contribution in [0.2, 0.25) is 0 Å². The van der Waals surface area contributed by atoms with Crippen molar-refractivity contribution < 1.29 is 23.9 Å². The predicted molar refractivity (Wildman–Crippen MR) is 164 cm³/mol. The molecule has 4 rings (SSSR count). The van der Waals surface area contributed by atoms with Gasteiger partial charge >= 0.3 is 5.97 Å². The zero-order valence-corrected chi connectivity index (χ0v) is 24.7. The van der Waals surface area contributed by atoms with E-state index in [1.807, 2.05) is 69.3 Å². The zero-order chi connectivity index (χ0) is 29.5. The summed E-state index contributed by atoms with van der Waals surface area (Å²) in [4.78, 5) is 39.9. The maximum absolute atomic E-state index is 13.2. The van der Waals surface area contributed by atoms with Gasteiger partial charge in [-0.15, -0.1) is 11.3 Å². The molecule has 1 aromatic heterocycles. The van der Waals surface area contributed by atoms with E-state index in [0.29, 0.717) is 21.9 Å². The fourth-order valence-electron chi connectivity index (χ4n) is 4.53. The van der Waals surface area contributed by atoms with Crippen molar-refractivity contribution in [1.29, 1.82) is 0 Å². The number of benzene rings is 3. The van der Waals surface area contributed by atoms with Gasteiger partial charge in [-0.1, -0.05) is 55.5 Å². The molecule has 2 amide bonds. The highest BCUT2D eigenvalue weighted by molar-refractivity contribution is 7.17. The Labute approximate surface area is 244 Å². The molecule has 0 saturated heterocycles. The third-order valence-electron chi connectivity index (χ3n) is 6.64. The first kappa shape index (κ1) is 29.6. The van der Waals surface area contributed by atoms with Gasteiger partial charge in [-0.05, 0) is 75.1 Å². The number of carbonyl (C=O) groups excluding carboxylic acids is 3. The molecule has 0 saturated carbocycles. The van der Waals surface area contributed by atoms with Gasteiger partial charge in [0, 0.05) is 21.7 Å². The Hall–Kier alpha value is -4.43. The number of esters is 1. The molecule has 212 valence electrons. The van der Waals surface area contributed by atoms with Crippen molar-refractivity contribution in [2.24, 2.45) is 0 Å². The third kappa shape index (κ3) is 6.84. The summed E-state index contributed by atoms with van der Waals surface area (Å²) < 4.78 is 11.2. The van der Waals surface area contributed by atoms with Crippen LogP contribution >= 0.6 is 11.3 Å². The highest BCUT2D eigenvalue weighted by atomic mass is 32.1. The number of nitrogens with one attached hydrogen (secondary N) is 2. The molecule has 2 N–H and O–H groups in total. The minimum absolute atomic E-state index is 0.220. The molecule has 0 radical (unpaired) electrons. The van der Waals surface area contributed by atoms with Crippen molar-refractivity contribution in [3.05, 3.63) is 99.9 Å². The van der Waals surface area contributed by atoms with Crippen LogP contribution < -0.4 is 15.4 Å². The minimum Gasteiger partial charge on any atom is -0.481 e. The summed E-state index contributed by atoms with van der Waals surface area (Å²) in [7, 11) is 0. The molecule has 0 aliphatic heterocycles. The lowest BCUT2D eigenvalue weighted by Crippen LogP contribution is -2.30. The van der Waals surface area contributed by atoms with Gasteiger partial charge in [0.15, 0.2) is 6.10 Å². The first-order chi connectivity index (χ1) is 19.7. The molecule has 0 bridgehead atoms. The average molecular weight is 571 g/mol. The van der Waals surface area contributed by atoms with Crippen molar-refractivity contribution in [2.45, 2.75) is 47.1 Å². The molecule has 0 aliphatic rings. The van der Waals surface area contributed by atoms with Gasteiger partial charge in [0.05, 0.1) is 6.61 Å². The Balaban J connectivity index is 1.47. The van der Waals surface area contributed by atoms with E-state index in [1.165, 1.54) is 11.3 Å². The quantitative estimate of drug-likeness (QED) is 0.193. The van der Waals surface area contributed by atoms with Crippen LogP contribution in [0.4, 0.5) is 10.7 Å². The molecule has 1 heterocycles. The number of hydrogen-bond donors (Lipinski definition) is 2. The lowest BCUT2D eigenvalue weighted by Gasteiger charge is -2.18.